The number of carbonyl (C=O) groups is 1. The second-order valence-corrected chi connectivity index (χ2v) is 5.89. The Morgan fingerprint density at radius 1 is 1.25 bits per heavy atom. The minimum Gasteiger partial charge on any atom is -0.465 e. The fraction of sp³-hybridized carbons (Fsp3) is 0.923. The molecule has 3 heteroatoms. The van der Waals surface area contributed by atoms with E-state index in [0.29, 0.717) is 18.4 Å². The molecule has 1 N–H and O–H groups in total. The van der Waals surface area contributed by atoms with E-state index in [1.54, 1.807) is 0 Å². The molecule has 0 saturated heterocycles. The maximum absolute atomic E-state index is 11.6. The topological polar surface area (TPSA) is 46.5 Å². The molecule has 0 heterocycles. The van der Waals surface area contributed by atoms with Gasteiger partial charge in [0.05, 0.1) is 12.0 Å². The molecule has 96 valence electrons. The first-order valence-corrected chi connectivity index (χ1v) is 5.98. The van der Waals surface area contributed by atoms with Crippen LogP contribution >= 0.6 is 0 Å². The normalized spacial score (nSPS) is 16.0. The molecule has 0 fully saturated rings. The Morgan fingerprint density at radius 3 is 2.06 bits per heavy atom. The zero-order chi connectivity index (χ0) is 12.9. The Balaban J connectivity index is 4.21. The Morgan fingerprint density at radius 2 is 1.75 bits per heavy atom. The summed E-state index contributed by atoms with van der Waals surface area (Å²) in [6.45, 7) is 12.2. The molecule has 0 bridgehead atoms. The quantitative estimate of drug-likeness (QED) is 0.738. The molecule has 0 aromatic heterocycles. The molecule has 0 aliphatic carbocycles. The predicted octanol–water partition coefficient (Wildman–Crippen LogP) is 2.48. The number of ether oxygens (including phenoxy) is 1. The zero-order valence-electron chi connectivity index (χ0n) is 11.4. The van der Waals surface area contributed by atoms with Gasteiger partial charge in [-0.1, -0.05) is 20.8 Å². The van der Waals surface area contributed by atoms with E-state index < -0.39 is 5.41 Å². The van der Waals surface area contributed by atoms with Crippen LogP contribution < -0.4 is 0 Å². The largest absolute Gasteiger partial charge is 0.465 e. The van der Waals surface area contributed by atoms with Crippen molar-refractivity contribution in [1.29, 1.82) is 0 Å². The summed E-state index contributed by atoms with van der Waals surface area (Å²) < 4.78 is 5.23. The molecular weight excluding hydrogens is 204 g/mol. The summed E-state index contributed by atoms with van der Waals surface area (Å²) in [6.07, 6.45) is 0. The lowest BCUT2D eigenvalue weighted by Crippen LogP contribution is -2.30. The van der Waals surface area contributed by atoms with Crippen LogP contribution in [0.25, 0.3) is 0 Å². The van der Waals surface area contributed by atoms with Gasteiger partial charge in [0.1, 0.15) is 0 Å². The van der Waals surface area contributed by atoms with Gasteiger partial charge in [0.25, 0.3) is 0 Å². The van der Waals surface area contributed by atoms with Gasteiger partial charge in [-0.3, -0.25) is 4.79 Å². The van der Waals surface area contributed by atoms with Crippen molar-refractivity contribution in [2.45, 2.75) is 41.5 Å². The molecule has 0 aliphatic heterocycles. The maximum Gasteiger partial charge on any atom is 0.311 e. The van der Waals surface area contributed by atoms with Crippen LogP contribution in [-0.2, 0) is 9.53 Å². The summed E-state index contributed by atoms with van der Waals surface area (Å²) in [4.78, 5) is 11.6. The zero-order valence-corrected chi connectivity index (χ0v) is 11.4. The molecule has 16 heavy (non-hydrogen) atoms. The molecule has 0 radical (unpaired) electrons. The third-order valence-electron chi connectivity index (χ3n) is 3.07. The van der Waals surface area contributed by atoms with Gasteiger partial charge >= 0.3 is 5.97 Å². The van der Waals surface area contributed by atoms with E-state index >= 15 is 0 Å². The summed E-state index contributed by atoms with van der Waals surface area (Å²) in [5.41, 5.74) is -0.471. The van der Waals surface area contributed by atoms with E-state index in [0.717, 1.165) is 0 Å². The minimum atomic E-state index is -0.471. The lowest BCUT2D eigenvalue weighted by atomic mass is 9.86. The van der Waals surface area contributed by atoms with Crippen LogP contribution in [0.4, 0.5) is 0 Å². The number of hydrogen-bond acceptors (Lipinski definition) is 3. The van der Waals surface area contributed by atoms with E-state index in [9.17, 15) is 9.90 Å². The van der Waals surface area contributed by atoms with E-state index in [4.69, 9.17) is 4.74 Å². The monoisotopic (exact) mass is 230 g/mol. The van der Waals surface area contributed by atoms with Gasteiger partial charge in [0.15, 0.2) is 0 Å². The maximum atomic E-state index is 11.6. The highest BCUT2D eigenvalue weighted by Gasteiger charge is 2.26. The summed E-state index contributed by atoms with van der Waals surface area (Å²) in [5.74, 6) is 0.650. The number of rotatable bonds is 5. The van der Waals surface area contributed by atoms with Crippen molar-refractivity contribution < 1.29 is 14.6 Å². The van der Waals surface area contributed by atoms with Crippen molar-refractivity contribution in [2.24, 2.45) is 23.2 Å². The van der Waals surface area contributed by atoms with Crippen molar-refractivity contribution in [2.75, 3.05) is 13.2 Å². The highest BCUT2D eigenvalue weighted by atomic mass is 16.5. The Kier molecular flexibility index (Phi) is 6.01. The van der Waals surface area contributed by atoms with Gasteiger partial charge in [-0.05, 0) is 32.6 Å². The molecule has 2 atom stereocenters. The van der Waals surface area contributed by atoms with Gasteiger partial charge < -0.3 is 9.84 Å². The van der Waals surface area contributed by atoms with Gasteiger partial charge in [-0.25, -0.2) is 0 Å². The summed E-state index contributed by atoms with van der Waals surface area (Å²) in [6, 6.07) is 0. The SMILES string of the molecule is CC(C)[C@H](C)[C@H](CO)COC(=O)C(C)(C)C. The van der Waals surface area contributed by atoms with E-state index in [2.05, 4.69) is 20.8 Å². The van der Waals surface area contributed by atoms with Crippen LogP contribution in [0.3, 0.4) is 0 Å². The molecular formula is C13H26O3. The molecule has 0 aliphatic rings. The Bertz CT molecular complexity index is 216. The number of aliphatic hydroxyl groups is 1. The molecule has 0 aromatic carbocycles. The van der Waals surface area contributed by atoms with E-state index in [1.165, 1.54) is 0 Å². The number of aliphatic hydroxyl groups excluding tert-OH is 1. The lowest BCUT2D eigenvalue weighted by molar-refractivity contribution is -0.155. The van der Waals surface area contributed by atoms with Gasteiger partial charge in [-0.15, -0.1) is 0 Å². The lowest BCUT2D eigenvalue weighted by Gasteiger charge is -2.26. The number of carbonyl (C=O) groups excluding carboxylic acids is 1. The highest BCUT2D eigenvalue weighted by molar-refractivity contribution is 5.75. The minimum absolute atomic E-state index is 0.0336. The molecule has 0 unspecified atom stereocenters. The first kappa shape index (κ1) is 15.4. The molecule has 0 spiro atoms. The number of esters is 1. The van der Waals surface area contributed by atoms with Crippen LogP contribution in [0.1, 0.15) is 41.5 Å². The first-order valence-electron chi connectivity index (χ1n) is 5.98. The predicted molar refractivity (Wildman–Crippen MR) is 65.0 cm³/mol. The summed E-state index contributed by atoms with van der Waals surface area (Å²) >= 11 is 0. The van der Waals surface area contributed by atoms with Crippen molar-refractivity contribution in [1.82, 2.24) is 0 Å². The average molecular weight is 230 g/mol. The van der Waals surface area contributed by atoms with E-state index in [1.807, 2.05) is 20.8 Å². The summed E-state index contributed by atoms with van der Waals surface area (Å²) in [5, 5.41) is 9.27. The number of hydrogen-bond donors (Lipinski definition) is 1. The molecule has 0 amide bonds. The third-order valence-corrected chi connectivity index (χ3v) is 3.07. The summed E-state index contributed by atoms with van der Waals surface area (Å²) in [7, 11) is 0. The molecule has 0 rings (SSSR count). The van der Waals surface area contributed by atoms with Crippen LogP contribution in [0.15, 0.2) is 0 Å². The molecule has 3 nitrogen and oxygen atoms in total. The second kappa shape index (κ2) is 6.24. The van der Waals surface area contributed by atoms with Crippen molar-refractivity contribution in [3.8, 4) is 0 Å². The third kappa shape index (κ3) is 4.97. The molecule has 0 aromatic rings. The molecule has 0 saturated carbocycles. The fourth-order valence-electron chi connectivity index (χ4n) is 1.31. The first-order chi connectivity index (χ1) is 7.20. The highest BCUT2D eigenvalue weighted by Crippen LogP contribution is 2.22. The van der Waals surface area contributed by atoms with Gasteiger partial charge in [-0.2, -0.15) is 0 Å². The van der Waals surface area contributed by atoms with Crippen molar-refractivity contribution in [3.05, 3.63) is 0 Å². The van der Waals surface area contributed by atoms with Crippen LogP contribution in [0.5, 0.6) is 0 Å². The van der Waals surface area contributed by atoms with Crippen LogP contribution in [0.2, 0.25) is 0 Å². The standard InChI is InChI=1S/C13H26O3/c1-9(2)10(3)11(7-14)8-16-12(15)13(4,5)6/h9-11,14H,7-8H2,1-6H3/t10-,11+/m0/s1. The van der Waals surface area contributed by atoms with Gasteiger partial charge in [0, 0.05) is 12.5 Å². The van der Waals surface area contributed by atoms with Crippen molar-refractivity contribution >= 4 is 5.97 Å². The fourth-order valence-corrected chi connectivity index (χ4v) is 1.31. The smallest absolute Gasteiger partial charge is 0.311 e. The van der Waals surface area contributed by atoms with Crippen LogP contribution in [-0.4, -0.2) is 24.3 Å². The van der Waals surface area contributed by atoms with Crippen LogP contribution in [0, 0.1) is 23.2 Å². The Labute approximate surface area is 99.2 Å². The van der Waals surface area contributed by atoms with E-state index in [-0.39, 0.29) is 18.5 Å². The average Bonchev–Trinajstić information content (AvgIpc) is 2.16. The van der Waals surface area contributed by atoms with Crippen molar-refractivity contribution in [3.63, 3.8) is 0 Å². The van der Waals surface area contributed by atoms with Gasteiger partial charge in [0.2, 0.25) is 0 Å². The second-order valence-electron chi connectivity index (χ2n) is 5.89. The Hall–Kier alpha value is -0.570.